The van der Waals surface area contributed by atoms with Crippen LogP contribution in [0, 0.1) is 0 Å². The van der Waals surface area contributed by atoms with E-state index in [1.807, 2.05) is 12.3 Å². The van der Waals surface area contributed by atoms with Gasteiger partial charge >= 0.3 is 0 Å². The minimum absolute atomic E-state index is 0.614. The summed E-state index contributed by atoms with van der Waals surface area (Å²) in [5.74, 6) is 0.624. The van der Waals surface area contributed by atoms with Crippen LogP contribution in [0.5, 0.6) is 0 Å². The fraction of sp³-hybridized carbons (Fsp3) is 0.400. The Labute approximate surface area is 102 Å². The summed E-state index contributed by atoms with van der Waals surface area (Å²) in [7, 11) is 2.07. The zero-order valence-electron chi connectivity index (χ0n) is 10.2. The van der Waals surface area contributed by atoms with Crippen molar-refractivity contribution in [3.8, 4) is 0 Å². The molecule has 1 fully saturated rings. The fourth-order valence-electron chi connectivity index (χ4n) is 3.10. The van der Waals surface area contributed by atoms with Gasteiger partial charge in [0.25, 0.3) is 0 Å². The molecular formula is C15H18N2. The van der Waals surface area contributed by atoms with Crippen molar-refractivity contribution in [1.82, 2.24) is 10.3 Å². The van der Waals surface area contributed by atoms with E-state index < -0.39 is 0 Å². The zero-order valence-corrected chi connectivity index (χ0v) is 10.2. The molecule has 2 unspecified atom stereocenters. The SMILES string of the molecule is CNC1CCCC1c1cccc2cccnc12. The second kappa shape index (κ2) is 4.46. The van der Waals surface area contributed by atoms with Crippen LogP contribution in [0.1, 0.15) is 30.7 Å². The molecule has 1 aliphatic carbocycles. The lowest BCUT2D eigenvalue weighted by Crippen LogP contribution is -2.27. The summed E-state index contributed by atoms with van der Waals surface area (Å²) in [5.41, 5.74) is 2.60. The molecule has 1 N–H and O–H groups in total. The number of nitrogens with zero attached hydrogens (tertiary/aromatic N) is 1. The third kappa shape index (κ3) is 1.83. The Bertz CT molecular complexity index is 516. The van der Waals surface area contributed by atoms with Crippen LogP contribution >= 0.6 is 0 Å². The van der Waals surface area contributed by atoms with Crippen molar-refractivity contribution in [3.05, 3.63) is 42.1 Å². The Balaban J connectivity index is 2.10. The molecule has 0 radical (unpaired) electrons. The first-order chi connectivity index (χ1) is 8.40. The molecule has 1 aromatic heterocycles. The van der Waals surface area contributed by atoms with E-state index in [4.69, 9.17) is 0 Å². The van der Waals surface area contributed by atoms with Crippen molar-refractivity contribution in [2.45, 2.75) is 31.2 Å². The van der Waals surface area contributed by atoms with Gasteiger partial charge in [-0.05, 0) is 31.5 Å². The highest BCUT2D eigenvalue weighted by molar-refractivity contribution is 5.82. The van der Waals surface area contributed by atoms with E-state index in [1.54, 1.807) is 0 Å². The minimum Gasteiger partial charge on any atom is -0.316 e. The van der Waals surface area contributed by atoms with Crippen LogP contribution in [0.2, 0.25) is 0 Å². The van der Waals surface area contributed by atoms with Gasteiger partial charge in [-0.3, -0.25) is 4.98 Å². The summed E-state index contributed by atoms with van der Waals surface area (Å²) < 4.78 is 0. The zero-order chi connectivity index (χ0) is 11.7. The Morgan fingerprint density at radius 3 is 2.94 bits per heavy atom. The second-order valence-electron chi connectivity index (χ2n) is 4.85. The number of para-hydroxylation sites is 1. The maximum atomic E-state index is 4.57. The Morgan fingerprint density at radius 1 is 1.18 bits per heavy atom. The van der Waals surface area contributed by atoms with Crippen LogP contribution in [0.4, 0.5) is 0 Å². The van der Waals surface area contributed by atoms with Crippen LogP contribution in [0.25, 0.3) is 10.9 Å². The van der Waals surface area contributed by atoms with Gasteiger partial charge in [-0.15, -0.1) is 0 Å². The number of benzene rings is 1. The van der Waals surface area contributed by atoms with E-state index in [0.29, 0.717) is 12.0 Å². The van der Waals surface area contributed by atoms with Gasteiger partial charge in [-0.2, -0.15) is 0 Å². The van der Waals surface area contributed by atoms with Gasteiger partial charge in [0.2, 0.25) is 0 Å². The van der Waals surface area contributed by atoms with Crippen LogP contribution in [-0.2, 0) is 0 Å². The summed E-state index contributed by atoms with van der Waals surface area (Å²) in [4.78, 5) is 4.57. The lowest BCUT2D eigenvalue weighted by atomic mass is 9.92. The van der Waals surface area contributed by atoms with Crippen LogP contribution in [-0.4, -0.2) is 18.1 Å². The summed E-state index contributed by atoms with van der Waals surface area (Å²) in [6, 6.07) is 11.3. The third-order valence-corrected chi connectivity index (χ3v) is 3.95. The number of hydrogen-bond donors (Lipinski definition) is 1. The fourth-order valence-corrected chi connectivity index (χ4v) is 3.10. The van der Waals surface area contributed by atoms with Crippen molar-refractivity contribution in [3.63, 3.8) is 0 Å². The maximum absolute atomic E-state index is 4.57. The average Bonchev–Trinajstić information content (AvgIpc) is 2.86. The topological polar surface area (TPSA) is 24.9 Å². The highest BCUT2D eigenvalue weighted by Gasteiger charge is 2.28. The van der Waals surface area contributed by atoms with E-state index in [0.717, 1.165) is 0 Å². The van der Waals surface area contributed by atoms with Gasteiger partial charge in [0.15, 0.2) is 0 Å². The number of nitrogens with one attached hydrogen (secondary N) is 1. The Kier molecular flexibility index (Phi) is 2.81. The lowest BCUT2D eigenvalue weighted by Gasteiger charge is -2.20. The van der Waals surface area contributed by atoms with Crippen molar-refractivity contribution in [1.29, 1.82) is 0 Å². The molecule has 0 spiro atoms. The molecular weight excluding hydrogens is 208 g/mol. The molecule has 1 aliphatic rings. The molecule has 17 heavy (non-hydrogen) atoms. The average molecular weight is 226 g/mol. The highest BCUT2D eigenvalue weighted by atomic mass is 14.9. The second-order valence-corrected chi connectivity index (χ2v) is 4.85. The van der Waals surface area contributed by atoms with Gasteiger partial charge < -0.3 is 5.32 Å². The molecule has 2 nitrogen and oxygen atoms in total. The molecule has 0 amide bonds. The molecule has 1 heterocycles. The first kappa shape index (κ1) is 10.7. The molecule has 2 aromatic rings. The van der Waals surface area contributed by atoms with E-state index in [1.165, 1.54) is 35.7 Å². The van der Waals surface area contributed by atoms with Gasteiger partial charge in [0.1, 0.15) is 0 Å². The van der Waals surface area contributed by atoms with Crippen molar-refractivity contribution in [2.24, 2.45) is 0 Å². The number of fused-ring (bicyclic) bond motifs is 1. The third-order valence-electron chi connectivity index (χ3n) is 3.95. The molecule has 1 saturated carbocycles. The number of likely N-dealkylation sites (N-methyl/N-ethyl adjacent to an activating group) is 1. The normalized spacial score (nSPS) is 24.3. The van der Waals surface area contributed by atoms with Gasteiger partial charge in [0.05, 0.1) is 5.52 Å². The molecule has 0 bridgehead atoms. The Hall–Kier alpha value is -1.41. The van der Waals surface area contributed by atoms with Crippen molar-refractivity contribution >= 4 is 10.9 Å². The van der Waals surface area contributed by atoms with E-state index in [-0.39, 0.29) is 0 Å². The van der Waals surface area contributed by atoms with E-state index >= 15 is 0 Å². The van der Waals surface area contributed by atoms with Gasteiger partial charge in [-0.1, -0.05) is 30.7 Å². The number of aromatic nitrogens is 1. The summed E-state index contributed by atoms with van der Waals surface area (Å²) in [6.45, 7) is 0. The standard InChI is InChI=1S/C15H18N2/c1-16-14-9-3-7-12(14)13-8-2-5-11-6-4-10-17-15(11)13/h2,4-6,8,10,12,14,16H,3,7,9H2,1H3. The lowest BCUT2D eigenvalue weighted by molar-refractivity contribution is 0.524. The number of rotatable bonds is 2. The first-order valence-corrected chi connectivity index (χ1v) is 6.41. The molecule has 0 aliphatic heterocycles. The van der Waals surface area contributed by atoms with E-state index in [2.05, 4.69) is 41.6 Å². The monoisotopic (exact) mass is 226 g/mol. The smallest absolute Gasteiger partial charge is 0.0737 e. The molecule has 1 aromatic carbocycles. The Morgan fingerprint density at radius 2 is 2.06 bits per heavy atom. The summed E-state index contributed by atoms with van der Waals surface area (Å²) >= 11 is 0. The van der Waals surface area contributed by atoms with Gasteiger partial charge in [0, 0.05) is 23.5 Å². The largest absolute Gasteiger partial charge is 0.316 e. The minimum atomic E-state index is 0.614. The van der Waals surface area contributed by atoms with E-state index in [9.17, 15) is 0 Å². The predicted octanol–water partition coefficient (Wildman–Crippen LogP) is 3.09. The predicted molar refractivity (Wildman–Crippen MR) is 71.2 cm³/mol. The molecule has 2 atom stereocenters. The molecule has 0 saturated heterocycles. The summed E-state index contributed by atoms with van der Waals surface area (Å²) in [6.07, 6.45) is 5.78. The first-order valence-electron chi connectivity index (χ1n) is 6.41. The number of hydrogen-bond acceptors (Lipinski definition) is 2. The van der Waals surface area contributed by atoms with Crippen molar-refractivity contribution in [2.75, 3.05) is 7.05 Å². The van der Waals surface area contributed by atoms with Crippen molar-refractivity contribution < 1.29 is 0 Å². The van der Waals surface area contributed by atoms with Gasteiger partial charge in [-0.25, -0.2) is 0 Å². The van der Waals surface area contributed by atoms with Crippen LogP contribution in [0.15, 0.2) is 36.5 Å². The van der Waals surface area contributed by atoms with Crippen LogP contribution < -0.4 is 5.32 Å². The quantitative estimate of drug-likeness (QED) is 0.851. The molecule has 2 heteroatoms. The van der Waals surface area contributed by atoms with Crippen LogP contribution in [0.3, 0.4) is 0 Å². The maximum Gasteiger partial charge on any atom is 0.0737 e. The molecule has 3 rings (SSSR count). The molecule has 88 valence electrons. The number of pyridine rings is 1. The highest BCUT2D eigenvalue weighted by Crippen LogP contribution is 2.37. The summed E-state index contributed by atoms with van der Waals surface area (Å²) in [5, 5.41) is 4.71.